The predicted octanol–water partition coefficient (Wildman–Crippen LogP) is 4.07. The number of hydrogen-bond acceptors (Lipinski definition) is 8. The largest absolute Gasteiger partial charge is 0.497 e. The summed E-state index contributed by atoms with van der Waals surface area (Å²) in [4.78, 5) is 25.6. The molecular weight excluding hydrogens is 452 g/mol. The van der Waals surface area contributed by atoms with Crippen molar-refractivity contribution in [2.24, 2.45) is 0 Å². The lowest BCUT2D eigenvalue weighted by molar-refractivity contribution is -0.118. The van der Waals surface area contributed by atoms with Gasteiger partial charge >= 0.3 is 0 Å². The van der Waals surface area contributed by atoms with E-state index in [2.05, 4.69) is 20.8 Å². The molecule has 1 aromatic heterocycles. The van der Waals surface area contributed by atoms with E-state index in [0.29, 0.717) is 34.5 Å². The maximum absolute atomic E-state index is 12.3. The van der Waals surface area contributed by atoms with Crippen molar-refractivity contribution in [1.29, 1.82) is 0 Å². The molecule has 162 valence electrons. The minimum atomic E-state index is -0.316. The number of nitrogens with zero attached hydrogens (tertiary/aromatic N) is 2. The number of anilines is 1. The van der Waals surface area contributed by atoms with Crippen LogP contribution in [-0.2, 0) is 17.1 Å². The van der Waals surface area contributed by atoms with Crippen molar-refractivity contribution in [2.45, 2.75) is 17.2 Å². The van der Waals surface area contributed by atoms with Gasteiger partial charge in [0.1, 0.15) is 10.8 Å². The van der Waals surface area contributed by atoms with E-state index in [4.69, 9.17) is 4.74 Å². The average Bonchev–Trinajstić information content (AvgIpc) is 3.27. The fourth-order valence-corrected chi connectivity index (χ4v) is 4.53. The highest BCUT2D eigenvalue weighted by atomic mass is 32.2. The highest BCUT2D eigenvalue weighted by molar-refractivity contribution is 7.99. The molecule has 10 heteroatoms. The number of carbonyl (C=O) groups excluding carboxylic acids is 2. The summed E-state index contributed by atoms with van der Waals surface area (Å²) in [6.07, 6.45) is 2.03. The predicted molar refractivity (Wildman–Crippen MR) is 127 cm³/mol. The third-order valence-electron chi connectivity index (χ3n) is 4.12. The molecule has 0 saturated heterocycles. The molecule has 2 N–H and O–H groups in total. The molecule has 3 rings (SSSR count). The maximum atomic E-state index is 12.3. The van der Waals surface area contributed by atoms with Gasteiger partial charge in [0.2, 0.25) is 10.9 Å². The van der Waals surface area contributed by atoms with Crippen LogP contribution >= 0.6 is 34.9 Å². The zero-order valence-electron chi connectivity index (χ0n) is 17.1. The Bertz CT molecular complexity index is 1010. The number of thioether (sulfide) groups is 2. The summed E-state index contributed by atoms with van der Waals surface area (Å²) in [5.74, 6) is 1.19. The average molecular weight is 475 g/mol. The molecule has 0 aliphatic carbocycles. The molecule has 0 unspecified atom stereocenters. The summed E-state index contributed by atoms with van der Waals surface area (Å²) in [5, 5.41) is 14.7. The van der Waals surface area contributed by atoms with E-state index >= 15 is 0 Å². The summed E-state index contributed by atoms with van der Waals surface area (Å²) in [6.45, 7) is 0.503. The molecule has 7 nitrogen and oxygen atoms in total. The van der Waals surface area contributed by atoms with Crippen molar-refractivity contribution < 1.29 is 14.3 Å². The quantitative estimate of drug-likeness (QED) is 0.428. The standard InChI is InChI=1S/C21H22N4O3S3/c1-28-16-7-5-15(6-8-16)23-20(27)21-25-24-19(31-21)13-30-12-18(26)22-11-14-3-9-17(29-2)10-4-14/h3-10H,11-13H2,1-2H3,(H,22,26)(H,23,27). The van der Waals surface area contributed by atoms with Gasteiger partial charge in [0, 0.05) is 22.9 Å². The maximum Gasteiger partial charge on any atom is 0.286 e. The van der Waals surface area contributed by atoms with E-state index in [1.54, 1.807) is 43.1 Å². The summed E-state index contributed by atoms with van der Waals surface area (Å²) in [5.41, 5.74) is 1.71. The minimum Gasteiger partial charge on any atom is -0.497 e. The van der Waals surface area contributed by atoms with Gasteiger partial charge in [-0.3, -0.25) is 9.59 Å². The zero-order valence-corrected chi connectivity index (χ0v) is 19.5. The van der Waals surface area contributed by atoms with E-state index < -0.39 is 0 Å². The Labute approximate surface area is 193 Å². The number of aromatic nitrogens is 2. The molecule has 0 bridgehead atoms. The van der Waals surface area contributed by atoms with Gasteiger partial charge < -0.3 is 15.4 Å². The third kappa shape index (κ3) is 7.27. The SMILES string of the molecule is COc1ccc(NC(=O)c2nnc(CSCC(=O)NCc3ccc(SC)cc3)s2)cc1. The molecule has 31 heavy (non-hydrogen) atoms. The first-order valence-corrected chi connectivity index (χ1v) is 12.5. The fourth-order valence-electron chi connectivity index (χ4n) is 2.49. The van der Waals surface area contributed by atoms with E-state index in [1.807, 2.05) is 30.5 Å². The molecule has 2 aromatic carbocycles. The lowest BCUT2D eigenvalue weighted by atomic mass is 10.2. The van der Waals surface area contributed by atoms with Crippen LogP contribution in [0.5, 0.6) is 5.75 Å². The second-order valence-corrected chi connectivity index (χ2v) is 9.23. The minimum absolute atomic E-state index is 0.0408. The number of hydrogen-bond donors (Lipinski definition) is 2. The summed E-state index contributed by atoms with van der Waals surface area (Å²) >= 11 is 4.34. The lowest BCUT2D eigenvalue weighted by Crippen LogP contribution is -2.24. The monoisotopic (exact) mass is 474 g/mol. The molecule has 0 aliphatic rings. The molecule has 0 aliphatic heterocycles. The molecule has 1 heterocycles. The molecule has 0 spiro atoms. The summed E-state index contributed by atoms with van der Waals surface area (Å²) < 4.78 is 5.10. The van der Waals surface area contributed by atoms with Crippen LogP contribution < -0.4 is 15.4 Å². The summed E-state index contributed by atoms with van der Waals surface area (Å²) in [6, 6.07) is 15.1. The van der Waals surface area contributed by atoms with Crippen LogP contribution in [0.2, 0.25) is 0 Å². The van der Waals surface area contributed by atoms with Gasteiger partial charge in [0.05, 0.1) is 12.9 Å². The number of nitrogens with one attached hydrogen (secondary N) is 2. The Kier molecular flexibility index (Phi) is 8.74. The summed E-state index contributed by atoms with van der Waals surface area (Å²) in [7, 11) is 1.59. The van der Waals surface area contributed by atoms with Crippen LogP contribution in [0.15, 0.2) is 53.4 Å². The van der Waals surface area contributed by atoms with Gasteiger partial charge in [-0.2, -0.15) is 0 Å². The van der Waals surface area contributed by atoms with E-state index in [-0.39, 0.29) is 16.8 Å². The van der Waals surface area contributed by atoms with Crippen LogP contribution in [0.4, 0.5) is 5.69 Å². The number of carbonyl (C=O) groups is 2. The number of rotatable bonds is 10. The Hall–Kier alpha value is -2.56. The Morgan fingerprint density at radius 1 is 1.06 bits per heavy atom. The first-order valence-electron chi connectivity index (χ1n) is 9.32. The molecule has 2 amide bonds. The molecule has 0 saturated carbocycles. The molecular formula is C21H22N4O3S3. The van der Waals surface area contributed by atoms with Crippen LogP contribution in [0.3, 0.4) is 0 Å². The van der Waals surface area contributed by atoms with Gasteiger partial charge in [-0.15, -0.1) is 33.7 Å². The van der Waals surface area contributed by atoms with Crippen molar-refractivity contribution in [3.63, 3.8) is 0 Å². The number of ether oxygens (including phenoxy) is 1. The third-order valence-corrected chi connectivity index (χ3v) is 6.91. The van der Waals surface area contributed by atoms with Crippen molar-refractivity contribution in [1.82, 2.24) is 15.5 Å². The van der Waals surface area contributed by atoms with Gasteiger partial charge in [-0.1, -0.05) is 23.5 Å². The smallest absolute Gasteiger partial charge is 0.286 e. The number of amides is 2. The molecule has 0 radical (unpaired) electrons. The van der Waals surface area contributed by atoms with Crippen molar-refractivity contribution in [2.75, 3.05) is 24.4 Å². The van der Waals surface area contributed by atoms with Gasteiger partial charge in [0.15, 0.2) is 0 Å². The van der Waals surface area contributed by atoms with Crippen molar-refractivity contribution in [3.05, 3.63) is 64.1 Å². The first-order chi connectivity index (χ1) is 15.1. The van der Waals surface area contributed by atoms with Crippen LogP contribution in [0.25, 0.3) is 0 Å². The zero-order chi connectivity index (χ0) is 22.1. The van der Waals surface area contributed by atoms with Crippen LogP contribution in [-0.4, -0.2) is 41.1 Å². The highest BCUT2D eigenvalue weighted by Crippen LogP contribution is 2.20. The van der Waals surface area contributed by atoms with Crippen molar-refractivity contribution in [3.8, 4) is 5.75 Å². The van der Waals surface area contributed by atoms with Gasteiger partial charge in [-0.25, -0.2) is 0 Å². The second kappa shape index (κ2) is 11.7. The molecule has 0 fully saturated rings. The van der Waals surface area contributed by atoms with Crippen LogP contribution in [0, 0.1) is 0 Å². The second-order valence-electron chi connectivity index (χ2n) is 6.30. The first kappa shape index (κ1) is 23.1. The topological polar surface area (TPSA) is 93.2 Å². The Morgan fingerprint density at radius 3 is 2.48 bits per heavy atom. The normalized spacial score (nSPS) is 10.5. The number of methoxy groups -OCH3 is 1. The van der Waals surface area contributed by atoms with Crippen molar-refractivity contribution >= 4 is 52.4 Å². The van der Waals surface area contributed by atoms with E-state index in [0.717, 1.165) is 5.56 Å². The van der Waals surface area contributed by atoms with Gasteiger partial charge in [0.25, 0.3) is 5.91 Å². The van der Waals surface area contributed by atoms with E-state index in [1.165, 1.54) is 28.0 Å². The highest BCUT2D eigenvalue weighted by Gasteiger charge is 2.14. The Balaban J connectivity index is 1.39. The Morgan fingerprint density at radius 2 is 1.81 bits per heavy atom. The molecule has 3 aromatic rings. The van der Waals surface area contributed by atoms with E-state index in [9.17, 15) is 9.59 Å². The van der Waals surface area contributed by atoms with Crippen LogP contribution in [0.1, 0.15) is 20.4 Å². The van der Waals surface area contributed by atoms with Gasteiger partial charge in [-0.05, 0) is 48.2 Å². The number of benzene rings is 2. The lowest BCUT2D eigenvalue weighted by Gasteiger charge is -2.05. The molecule has 0 atom stereocenters. The fraction of sp³-hybridized carbons (Fsp3) is 0.238.